The molecule has 0 aliphatic rings. The van der Waals surface area contributed by atoms with E-state index >= 15 is 0 Å². The predicted molar refractivity (Wildman–Crippen MR) is 99.0 cm³/mol. The zero-order valence-corrected chi connectivity index (χ0v) is 15.4. The van der Waals surface area contributed by atoms with E-state index in [1.54, 1.807) is 0 Å². The Hall–Kier alpha value is -2.76. The summed E-state index contributed by atoms with van der Waals surface area (Å²) in [5.74, 6) is -0.631. The van der Waals surface area contributed by atoms with Gasteiger partial charge in [0.15, 0.2) is 26.7 Å². The lowest BCUT2D eigenvalue weighted by atomic mass is 10.2. The number of sulfone groups is 1. The van der Waals surface area contributed by atoms with Crippen molar-refractivity contribution in [1.82, 2.24) is 15.0 Å². The second-order valence-corrected chi connectivity index (χ2v) is 8.20. The zero-order chi connectivity index (χ0) is 19.8. The second kappa shape index (κ2) is 7.10. The lowest BCUT2D eigenvalue weighted by Crippen LogP contribution is -2.21. The number of anilines is 1. The molecule has 0 aliphatic carbocycles. The van der Waals surface area contributed by atoms with E-state index in [1.165, 1.54) is 24.4 Å². The average Bonchev–Trinajstić information content (AvgIpc) is 3.05. The Morgan fingerprint density at radius 1 is 1.44 bits per heavy atom. The minimum Gasteiger partial charge on any atom is -0.409 e. The number of oxime groups is 1. The summed E-state index contributed by atoms with van der Waals surface area (Å²) in [7, 11) is -3.59. The summed E-state index contributed by atoms with van der Waals surface area (Å²) in [5, 5.41) is 13.9. The molecule has 1 atom stereocenters. The van der Waals surface area contributed by atoms with Crippen molar-refractivity contribution in [1.29, 1.82) is 0 Å². The highest BCUT2D eigenvalue weighted by molar-refractivity contribution is 7.90. The molecule has 2 heterocycles. The van der Waals surface area contributed by atoms with Crippen LogP contribution >= 0.6 is 11.6 Å². The van der Waals surface area contributed by atoms with Crippen molar-refractivity contribution in [2.45, 2.75) is 5.37 Å². The standard InChI is InChI=1S/C15H14ClFN6O3S/c1-27(25,26)12(18)15-21-11-8(4-5-19-14(11)22-15)13(23-24)20-7-2-3-10(17)9(16)6-7/h2-6,12,24H,18H2,1H3,(H,20,23)(H,19,21,22). The van der Waals surface area contributed by atoms with E-state index in [9.17, 15) is 18.0 Å². The van der Waals surface area contributed by atoms with Crippen LogP contribution in [0.15, 0.2) is 35.6 Å². The van der Waals surface area contributed by atoms with Crippen LogP contribution in [-0.2, 0) is 9.84 Å². The third-order valence-electron chi connectivity index (χ3n) is 3.67. The second-order valence-electron chi connectivity index (χ2n) is 5.63. The van der Waals surface area contributed by atoms with Crippen molar-refractivity contribution in [3.63, 3.8) is 0 Å². The molecule has 0 bridgehead atoms. The summed E-state index contributed by atoms with van der Waals surface area (Å²) >= 11 is 5.75. The summed E-state index contributed by atoms with van der Waals surface area (Å²) in [6.07, 6.45) is 2.40. The minimum absolute atomic E-state index is 0.00503. The molecule has 0 fully saturated rings. The molecular weight excluding hydrogens is 399 g/mol. The van der Waals surface area contributed by atoms with E-state index in [2.05, 4.69) is 25.4 Å². The number of amidine groups is 1. The number of fused-ring (bicyclic) bond motifs is 1. The molecule has 0 aliphatic heterocycles. The molecule has 0 spiro atoms. The molecule has 1 aromatic carbocycles. The molecule has 1 unspecified atom stereocenters. The number of nitrogens with zero attached hydrogens (tertiary/aromatic N) is 3. The quantitative estimate of drug-likeness (QED) is 0.222. The summed E-state index contributed by atoms with van der Waals surface area (Å²) in [6, 6.07) is 5.38. The number of H-pyrrole nitrogens is 1. The van der Waals surface area contributed by atoms with Gasteiger partial charge < -0.3 is 21.2 Å². The number of halogens is 2. The van der Waals surface area contributed by atoms with E-state index in [0.717, 1.165) is 12.3 Å². The highest BCUT2D eigenvalue weighted by Crippen LogP contribution is 2.23. The zero-order valence-electron chi connectivity index (χ0n) is 13.8. The van der Waals surface area contributed by atoms with Crippen LogP contribution in [0.4, 0.5) is 10.1 Å². The van der Waals surface area contributed by atoms with E-state index in [-0.39, 0.29) is 27.8 Å². The van der Waals surface area contributed by atoms with Gasteiger partial charge in [0.25, 0.3) is 0 Å². The maximum atomic E-state index is 13.3. The van der Waals surface area contributed by atoms with E-state index in [4.69, 9.17) is 17.3 Å². The van der Waals surface area contributed by atoms with Crippen molar-refractivity contribution < 1.29 is 18.0 Å². The van der Waals surface area contributed by atoms with Gasteiger partial charge in [0.05, 0.1) is 10.6 Å². The van der Waals surface area contributed by atoms with Gasteiger partial charge in [-0.25, -0.2) is 22.8 Å². The molecule has 0 amide bonds. The van der Waals surface area contributed by atoms with Gasteiger partial charge in [-0.2, -0.15) is 0 Å². The molecular formula is C15H14ClFN6O3S. The molecule has 27 heavy (non-hydrogen) atoms. The van der Waals surface area contributed by atoms with Gasteiger partial charge in [-0.05, 0) is 24.3 Å². The fourth-order valence-electron chi connectivity index (χ4n) is 2.31. The summed E-state index contributed by atoms with van der Waals surface area (Å²) in [5.41, 5.74) is 6.86. The van der Waals surface area contributed by atoms with E-state index in [0.29, 0.717) is 11.3 Å². The van der Waals surface area contributed by atoms with Gasteiger partial charge in [0.2, 0.25) is 0 Å². The highest BCUT2D eigenvalue weighted by atomic mass is 35.5. The number of hydrogen-bond donors (Lipinski definition) is 4. The Morgan fingerprint density at radius 2 is 2.19 bits per heavy atom. The lowest BCUT2D eigenvalue weighted by Gasteiger charge is -2.09. The monoisotopic (exact) mass is 412 g/mol. The van der Waals surface area contributed by atoms with Gasteiger partial charge >= 0.3 is 0 Å². The number of hydrogen-bond acceptors (Lipinski definition) is 7. The molecule has 12 heteroatoms. The minimum atomic E-state index is -3.59. The molecule has 5 N–H and O–H groups in total. The van der Waals surface area contributed by atoms with Crippen LogP contribution in [0.5, 0.6) is 0 Å². The van der Waals surface area contributed by atoms with Crippen LogP contribution in [0.3, 0.4) is 0 Å². The number of aromatic amines is 1. The molecule has 2 aromatic heterocycles. The van der Waals surface area contributed by atoms with Crippen molar-refractivity contribution in [2.24, 2.45) is 10.9 Å². The Morgan fingerprint density at radius 3 is 2.81 bits per heavy atom. The number of rotatable bonds is 4. The maximum Gasteiger partial charge on any atom is 0.179 e. The van der Waals surface area contributed by atoms with Crippen molar-refractivity contribution in [3.05, 3.63) is 52.7 Å². The van der Waals surface area contributed by atoms with Crippen molar-refractivity contribution in [3.8, 4) is 0 Å². The first kappa shape index (κ1) is 19.0. The Kier molecular flexibility index (Phi) is 5.00. The van der Waals surface area contributed by atoms with Gasteiger partial charge in [-0.15, -0.1) is 0 Å². The number of benzene rings is 1. The number of imidazole rings is 1. The first-order valence-electron chi connectivity index (χ1n) is 7.44. The SMILES string of the molecule is CS(=O)(=O)C(N)c1nc2c(/C(=N\O)Nc3ccc(F)c(Cl)c3)ccnc2[nH]1. The summed E-state index contributed by atoms with van der Waals surface area (Å²) < 4.78 is 36.6. The molecule has 142 valence electrons. The predicted octanol–water partition coefficient (Wildman–Crippen LogP) is 2.00. The van der Waals surface area contributed by atoms with Crippen molar-refractivity contribution in [2.75, 3.05) is 11.6 Å². The first-order valence-corrected chi connectivity index (χ1v) is 9.77. The van der Waals surface area contributed by atoms with E-state index in [1.807, 2.05) is 0 Å². The highest BCUT2D eigenvalue weighted by Gasteiger charge is 2.23. The Balaban J connectivity index is 2.04. The van der Waals surface area contributed by atoms with Crippen LogP contribution in [0.1, 0.15) is 16.8 Å². The molecule has 3 aromatic rings. The normalized spacial score (nSPS) is 13.7. The fourth-order valence-corrected chi connectivity index (χ4v) is 3.01. The molecule has 3 rings (SSSR count). The smallest absolute Gasteiger partial charge is 0.179 e. The van der Waals surface area contributed by atoms with E-state index < -0.39 is 21.0 Å². The van der Waals surface area contributed by atoms with Crippen molar-refractivity contribution >= 4 is 44.1 Å². The number of aromatic nitrogens is 3. The van der Waals surface area contributed by atoms with Gasteiger partial charge in [0.1, 0.15) is 17.2 Å². The summed E-state index contributed by atoms with van der Waals surface area (Å²) in [4.78, 5) is 11.0. The Labute approximate surface area is 158 Å². The largest absolute Gasteiger partial charge is 0.409 e. The molecule has 0 saturated heterocycles. The number of nitrogens with one attached hydrogen (secondary N) is 2. The Bertz CT molecular complexity index is 1150. The van der Waals surface area contributed by atoms with Crippen LogP contribution in [0.2, 0.25) is 5.02 Å². The third kappa shape index (κ3) is 3.84. The van der Waals surface area contributed by atoms with Gasteiger partial charge in [-0.1, -0.05) is 16.8 Å². The lowest BCUT2D eigenvalue weighted by molar-refractivity contribution is 0.319. The van der Waals surface area contributed by atoms with Crippen LogP contribution < -0.4 is 11.1 Å². The fraction of sp³-hybridized carbons (Fsp3) is 0.133. The molecule has 0 radical (unpaired) electrons. The third-order valence-corrected chi connectivity index (χ3v) is 5.11. The van der Waals surface area contributed by atoms with Crippen LogP contribution in [-0.4, -0.2) is 40.7 Å². The van der Waals surface area contributed by atoms with Crippen LogP contribution in [0, 0.1) is 5.82 Å². The van der Waals surface area contributed by atoms with Crippen LogP contribution in [0.25, 0.3) is 11.2 Å². The topological polar surface area (TPSA) is 146 Å². The number of nitrogens with two attached hydrogens (primary N) is 1. The molecule has 0 saturated carbocycles. The average molecular weight is 413 g/mol. The molecule has 9 nitrogen and oxygen atoms in total. The summed E-state index contributed by atoms with van der Waals surface area (Å²) in [6.45, 7) is 0. The maximum absolute atomic E-state index is 13.3. The van der Waals surface area contributed by atoms with Gasteiger partial charge in [-0.3, -0.25) is 0 Å². The van der Waals surface area contributed by atoms with Gasteiger partial charge in [0, 0.05) is 18.1 Å². The number of pyridine rings is 1. The first-order chi connectivity index (χ1) is 12.7.